The van der Waals surface area contributed by atoms with Gasteiger partial charge in [-0.15, -0.1) is 0 Å². The Morgan fingerprint density at radius 1 is 1.10 bits per heavy atom. The lowest BCUT2D eigenvalue weighted by Gasteiger charge is -2.29. The summed E-state index contributed by atoms with van der Waals surface area (Å²) in [5.74, 6) is -0.0995. The first-order valence-electron chi connectivity index (χ1n) is 2.98. The molecule has 2 atom stereocenters. The van der Waals surface area contributed by atoms with Gasteiger partial charge in [-0.3, -0.25) is 4.79 Å². The molecule has 2 unspecified atom stereocenters. The minimum atomic E-state index is -0.436. The van der Waals surface area contributed by atoms with Crippen molar-refractivity contribution in [3.05, 3.63) is 0 Å². The van der Waals surface area contributed by atoms with Crippen molar-refractivity contribution >= 4 is 5.78 Å². The van der Waals surface area contributed by atoms with Gasteiger partial charge in [0, 0.05) is 0 Å². The van der Waals surface area contributed by atoms with Crippen molar-refractivity contribution in [2.75, 3.05) is 13.2 Å². The highest BCUT2D eigenvalue weighted by Crippen LogP contribution is 2.15. The van der Waals surface area contributed by atoms with Crippen LogP contribution in [0, 0.1) is 0 Å². The fourth-order valence-corrected chi connectivity index (χ4v) is 0.739. The smallest absolute Gasteiger partial charge is 0.201 e. The third kappa shape index (κ3) is 0.836. The Balaban J connectivity index is 1.84. The van der Waals surface area contributed by atoms with Gasteiger partial charge in [-0.05, 0) is 0 Å². The second kappa shape index (κ2) is 2.28. The van der Waals surface area contributed by atoms with E-state index in [0.717, 1.165) is 0 Å². The van der Waals surface area contributed by atoms with Crippen molar-refractivity contribution < 1.29 is 24.3 Å². The van der Waals surface area contributed by atoms with E-state index in [9.17, 15) is 4.79 Å². The van der Waals surface area contributed by atoms with E-state index in [1.165, 1.54) is 0 Å². The van der Waals surface area contributed by atoms with Crippen LogP contribution in [0.5, 0.6) is 0 Å². The first-order valence-corrected chi connectivity index (χ1v) is 2.98. The molecule has 0 aliphatic carbocycles. The predicted octanol–water partition coefficient (Wildman–Crippen LogP) is -0.784. The van der Waals surface area contributed by atoms with Crippen LogP contribution in [0.1, 0.15) is 0 Å². The Hall–Kier alpha value is -0.490. The van der Waals surface area contributed by atoms with Crippen LogP contribution in [0.4, 0.5) is 0 Å². The lowest BCUT2D eigenvalue weighted by atomic mass is 10.1. The van der Waals surface area contributed by atoms with Crippen LogP contribution in [0.25, 0.3) is 0 Å². The average molecular weight is 146 g/mol. The Kier molecular flexibility index (Phi) is 1.42. The minimum Gasteiger partial charge on any atom is -0.293 e. The summed E-state index contributed by atoms with van der Waals surface area (Å²) in [7, 11) is 0. The zero-order chi connectivity index (χ0) is 6.97. The number of rotatable bonds is 2. The van der Waals surface area contributed by atoms with Crippen molar-refractivity contribution in [2.45, 2.75) is 12.2 Å². The van der Waals surface area contributed by atoms with Gasteiger partial charge in [-0.1, -0.05) is 0 Å². The largest absolute Gasteiger partial charge is 0.293 e. The minimum absolute atomic E-state index is 0.0995. The zero-order valence-electron chi connectivity index (χ0n) is 5.11. The standard InChI is InChI=1S/C5H6O5/c6-5(3-1-7-9-3)4-2-8-10-4/h3-4H,1-2H2. The lowest BCUT2D eigenvalue weighted by molar-refractivity contribution is -0.433. The summed E-state index contributed by atoms with van der Waals surface area (Å²) in [6.07, 6.45) is -0.872. The summed E-state index contributed by atoms with van der Waals surface area (Å²) in [6, 6.07) is 0. The van der Waals surface area contributed by atoms with E-state index in [1.807, 2.05) is 0 Å². The molecule has 0 radical (unpaired) electrons. The maximum absolute atomic E-state index is 11.0. The fourth-order valence-electron chi connectivity index (χ4n) is 0.739. The van der Waals surface area contributed by atoms with Crippen LogP contribution >= 0.6 is 0 Å². The van der Waals surface area contributed by atoms with Crippen molar-refractivity contribution in [2.24, 2.45) is 0 Å². The number of carbonyl (C=O) groups excluding carboxylic acids is 1. The van der Waals surface area contributed by atoms with Crippen LogP contribution in [-0.4, -0.2) is 31.2 Å². The molecule has 0 amide bonds. The average Bonchev–Trinajstić information content (AvgIpc) is 1.52. The van der Waals surface area contributed by atoms with Crippen LogP contribution in [0.2, 0.25) is 0 Å². The van der Waals surface area contributed by atoms with E-state index in [2.05, 4.69) is 19.6 Å². The molecule has 0 spiro atoms. The van der Waals surface area contributed by atoms with E-state index in [0.29, 0.717) is 13.2 Å². The molecule has 5 nitrogen and oxygen atoms in total. The Bertz CT molecular complexity index is 132. The molecule has 0 aromatic heterocycles. The van der Waals surface area contributed by atoms with Gasteiger partial charge in [0.05, 0.1) is 0 Å². The van der Waals surface area contributed by atoms with E-state index in [4.69, 9.17) is 0 Å². The highest BCUT2D eigenvalue weighted by atomic mass is 17.3. The maximum atomic E-state index is 11.0. The quantitative estimate of drug-likeness (QED) is 0.478. The summed E-state index contributed by atoms with van der Waals surface area (Å²) < 4.78 is 0. The number of ketones is 1. The zero-order valence-corrected chi connectivity index (χ0v) is 5.11. The topological polar surface area (TPSA) is 54.0 Å². The number of hydrogen-bond acceptors (Lipinski definition) is 5. The van der Waals surface area contributed by atoms with Gasteiger partial charge in [0.1, 0.15) is 13.2 Å². The molecule has 0 saturated carbocycles. The molecule has 2 rings (SSSR count). The van der Waals surface area contributed by atoms with Crippen LogP contribution in [0.15, 0.2) is 0 Å². The van der Waals surface area contributed by atoms with E-state index in [-0.39, 0.29) is 5.78 Å². The molecular formula is C5H6O5. The van der Waals surface area contributed by atoms with Crippen molar-refractivity contribution in [3.63, 3.8) is 0 Å². The van der Waals surface area contributed by atoms with Gasteiger partial charge >= 0.3 is 0 Å². The summed E-state index contributed by atoms with van der Waals surface area (Å²) in [5, 5.41) is 0. The first-order chi connectivity index (χ1) is 4.88. The fraction of sp³-hybridized carbons (Fsp3) is 0.800. The number of hydrogen-bond donors (Lipinski definition) is 0. The van der Waals surface area contributed by atoms with E-state index >= 15 is 0 Å². The highest BCUT2D eigenvalue weighted by Gasteiger charge is 2.39. The molecule has 0 aromatic carbocycles. The summed E-state index contributed by atoms with van der Waals surface area (Å²) in [4.78, 5) is 28.6. The normalized spacial score (nSPS) is 38.0. The molecule has 2 heterocycles. The lowest BCUT2D eigenvalue weighted by Crippen LogP contribution is -2.50. The molecular weight excluding hydrogens is 140 g/mol. The maximum Gasteiger partial charge on any atom is 0.201 e. The van der Waals surface area contributed by atoms with Crippen LogP contribution in [-0.2, 0) is 24.3 Å². The summed E-state index contributed by atoms with van der Waals surface area (Å²) >= 11 is 0. The van der Waals surface area contributed by atoms with Crippen molar-refractivity contribution in [1.82, 2.24) is 0 Å². The monoisotopic (exact) mass is 146 g/mol. The molecule has 2 aliphatic rings. The molecule has 5 heteroatoms. The second-order valence-electron chi connectivity index (χ2n) is 2.14. The van der Waals surface area contributed by atoms with Gasteiger partial charge in [0.25, 0.3) is 0 Å². The van der Waals surface area contributed by atoms with E-state index < -0.39 is 12.2 Å². The molecule has 2 aliphatic heterocycles. The molecule has 56 valence electrons. The van der Waals surface area contributed by atoms with Crippen molar-refractivity contribution in [1.29, 1.82) is 0 Å². The molecule has 0 aromatic rings. The summed E-state index contributed by atoms with van der Waals surface area (Å²) in [6.45, 7) is 0.664. The number of Topliss-reactive ketones (excluding diaryl/α,β-unsaturated/α-hetero) is 1. The van der Waals surface area contributed by atoms with Gasteiger partial charge in [-0.2, -0.15) is 0 Å². The molecule has 2 saturated heterocycles. The van der Waals surface area contributed by atoms with Crippen LogP contribution in [0.3, 0.4) is 0 Å². The highest BCUT2D eigenvalue weighted by molar-refractivity contribution is 5.88. The van der Waals surface area contributed by atoms with Gasteiger partial charge < -0.3 is 0 Å². The molecule has 0 bridgehead atoms. The second-order valence-corrected chi connectivity index (χ2v) is 2.14. The summed E-state index contributed by atoms with van der Waals surface area (Å²) in [5.41, 5.74) is 0. The molecule has 0 N–H and O–H groups in total. The SMILES string of the molecule is O=C(C1COO1)C1COO1. The van der Waals surface area contributed by atoms with Crippen molar-refractivity contribution in [3.8, 4) is 0 Å². The number of carbonyl (C=O) groups is 1. The van der Waals surface area contributed by atoms with Gasteiger partial charge in [0.2, 0.25) is 5.78 Å². The Labute approximate surface area is 56.7 Å². The molecule has 2 fully saturated rings. The third-order valence-electron chi connectivity index (χ3n) is 1.44. The molecule has 10 heavy (non-hydrogen) atoms. The van der Waals surface area contributed by atoms with Gasteiger partial charge in [0.15, 0.2) is 12.2 Å². The Morgan fingerprint density at radius 3 is 1.70 bits per heavy atom. The Morgan fingerprint density at radius 2 is 1.50 bits per heavy atom. The van der Waals surface area contributed by atoms with Crippen LogP contribution < -0.4 is 0 Å². The van der Waals surface area contributed by atoms with Gasteiger partial charge in [-0.25, -0.2) is 19.6 Å². The third-order valence-corrected chi connectivity index (χ3v) is 1.44. The predicted molar refractivity (Wildman–Crippen MR) is 26.7 cm³/mol. The first kappa shape index (κ1) is 6.23. The van der Waals surface area contributed by atoms with E-state index in [1.54, 1.807) is 0 Å².